The van der Waals surface area contributed by atoms with Gasteiger partial charge in [-0.25, -0.2) is 0 Å². The molecule has 1 atom stereocenters. The number of ether oxygens (including phenoxy) is 1. The second kappa shape index (κ2) is 10.3. The van der Waals surface area contributed by atoms with E-state index in [1.165, 1.54) is 5.56 Å². The number of nitrogens with zero attached hydrogens (tertiary/aromatic N) is 2. The quantitative estimate of drug-likeness (QED) is 0.379. The van der Waals surface area contributed by atoms with Crippen molar-refractivity contribution in [3.8, 4) is 0 Å². The molecule has 2 aliphatic heterocycles. The van der Waals surface area contributed by atoms with E-state index in [4.69, 9.17) is 4.74 Å². The van der Waals surface area contributed by atoms with Crippen LogP contribution in [0.4, 0.5) is 0 Å². The smallest absolute Gasteiger partial charge is 0.295 e. The Balaban J connectivity index is 1.68. The van der Waals surface area contributed by atoms with Crippen LogP contribution >= 0.6 is 0 Å². The number of carbonyl (C=O) groups excluding carboxylic acids is 2. The van der Waals surface area contributed by atoms with Gasteiger partial charge >= 0.3 is 0 Å². The number of hydrogen-bond acceptors (Lipinski definition) is 5. The molecule has 2 aromatic rings. The van der Waals surface area contributed by atoms with Gasteiger partial charge in [-0.2, -0.15) is 0 Å². The molecule has 4 rings (SSSR count). The lowest BCUT2D eigenvalue weighted by atomic mass is 9.85. The van der Waals surface area contributed by atoms with Crippen LogP contribution in [0, 0.1) is 6.92 Å². The van der Waals surface area contributed by atoms with E-state index in [1.54, 1.807) is 17.0 Å². The standard InChI is InChI=1S/C29H36N2O4/c1-20-6-8-22(9-7-20)26(32)24-25(21-10-12-23(13-11-21)29(2,3)4)31(28(34)27(24)33)15-5-14-30-16-18-35-19-17-30/h6-13,25,32H,5,14-19H2,1-4H3/b26-24-. The third kappa shape index (κ3) is 5.49. The number of Topliss-reactive ketones (excluding diaryl/α,β-unsaturated/α-hetero) is 1. The largest absolute Gasteiger partial charge is 0.507 e. The van der Waals surface area contributed by atoms with Crippen molar-refractivity contribution in [3.63, 3.8) is 0 Å². The summed E-state index contributed by atoms with van der Waals surface area (Å²) >= 11 is 0. The molecule has 0 bridgehead atoms. The lowest BCUT2D eigenvalue weighted by Gasteiger charge is -2.29. The molecule has 0 radical (unpaired) electrons. The highest BCUT2D eigenvalue weighted by Crippen LogP contribution is 2.40. The highest BCUT2D eigenvalue weighted by molar-refractivity contribution is 6.46. The molecule has 1 amide bonds. The van der Waals surface area contributed by atoms with Crippen LogP contribution in [-0.4, -0.2) is 66.0 Å². The third-order valence-corrected chi connectivity index (χ3v) is 6.93. The molecule has 1 N–H and O–H groups in total. The van der Waals surface area contributed by atoms with Crippen LogP contribution in [0.5, 0.6) is 0 Å². The number of aliphatic hydroxyl groups excluding tert-OH is 1. The Hall–Kier alpha value is -2.96. The van der Waals surface area contributed by atoms with Gasteiger partial charge in [0.1, 0.15) is 5.76 Å². The normalized spacial score (nSPS) is 21.0. The van der Waals surface area contributed by atoms with Crippen molar-refractivity contribution in [3.05, 3.63) is 76.4 Å². The van der Waals surface area contributed by atoms with Crippen molar-refractivity contribution in [1.82, 2.24) is 9.80 Å². The first-order valence-corrected chi connectivity index (χ1v) is 12.4. The number of carbonyl (C=O) groups is 2. The van der Waals surface area contributed by atoms with Crippen molar-refractivity contribution in [2.45, 2.75) is 45.6 Å². The van der Waals surface area contributed by atoms with Crippen molar-refractivity contribution in [2.75, 3.05) is 39.4 Å². The van der Waals surface area contributed by atoms with Gasteiger partial charge in [0.15, 0.2) is 0 Å². The summed E-state index contributed by atoms with van der Waals surface area (Å²) in [4.78, 5) is 30.4. The molecule has 6 heteroatoms. The fourth-order valence-corrected chi connectivity index (χ4v) is 4.78. The lowest BCUT2D eigenvalue weighted by molar-refractivity contribution is -0.140. The Morgan fingerprint density at radius 1 is 0.971 bits per heavy atom. The zero-order valence-electron chi connectivity index (χ0n) is 21.2. The molecule has 0 aliphatic carbocycles. The number of hydrogen-bond donors (Lipinski definition) is 1. The second-order valence-corrected chi connectivity index (χ2v) is 10.5. The van der Waals surface area contributed by atoms with Gasteiger partial charge in [-0.05, 0) is 29.9 Å². The maximum atomic E-state index is 13.2. The molecule has 0 saturated carbocycles. The van der Waals surface area contributed by atoms with Crippen molar-refractivity contribution in [2.24, 2.45) is 0 Å². The third-order valence-electron chi connectivity index (χ3n) is 6.93. The van der Waals surface area contributed by atoms with Gasteiger partial charge < -0.3 is 14.7 Å². The van der Waals surface area contributed by atoms with E-state index in [-0.39, 0.29) is 16.7 Å². The minimum atomic E-state index is -0.626. The van der Waals surface area contributed by atoms with Crippen LogP contribution in [0.2, 0.25) is 0 Å². The van der Waals surface area contributed by atoms with Crippen molar-refractivity contribution < 1.29 is 19.4 Å². The van der Waals surface area contributed by atoms with Gasteiger partial charge in [0, 0.05) is 31.7 Å². The van der Waals surface area contributed by atoms with E-state index >= 15 is 0 Å². The van der Waals surface area contributed by atoms with Crippen LogP contribution in [0.1, 0.15) is 55.5 Å². The summed E-state index contributed by atoms with van der Waals surface area (Å²) in [5.74, 6) is -1.30. The fraction of sp³-hybridized carbons (Fsp3) is 0.448. The van der Waals surface area contributed by atoms with E-state index in [0.717, 1.165) is 50.4 Å². The number of morpholine rings is 1. The van der Waals surface area contributed by atoms with Crippen LogP contribution in [-0.2, 0) is 19.7 Å². The molecule has 0 aromatic heterocycles. The number of benzene rings is 2. The van der Waals surface area contributed by atoms with E-state index in [2.05, 4.69) is 37.8 Å². The first-order chi connectivity index (χ1) is 16.7. The summed E-state index contributed by atoms with van der Waals surface area (Å²) in [6.45, 7) is 12.9. The van der Waals surface area contributed by atoms with E-state index < -0.39 is 17.7 Å². The van der Waals surface area contributed by atoms with Gasteiger partial charge in [-0.15, -0.1) is 0 Å². The lowest BCUT2D eigenvalue weighted by Crippen LogP contribution is -2.39. The van der Waals surface area contributed by atoms with E-state index in [9.17, 15) is 14.7 Å². The van der Waals surface area contributed by atoms with Crippen LogP contribution in [0.3, 0.4) is 0 Å². The van der Waals surface area contributed by atoms with Crippen molar-refractivity contribution in [1.29, 1.82) is 0 Å². The molecular formula is C29H36N2O4. The van der Waals surface area contributed by atoms with Crippen LogP contribution in [0.15, 0.2) is 54.1 Å². The van der Waals surface area contributed by atoms with Gasteiger partial charge in [0.2, 0.25) is 0 Å². The monoisotopic (exact) mass is 476 g/mol. The summed E-state index contributed by atoms with van der Waals surface area (Å²) in [6.07, 6.45) is 0.744. The molecule has 35 heavy (non-hydrogen) atoms. The molecule has 2 fully saturated rings. The first kappa shape index (κ1) is 25.1. The predicted octanol–water partition coefficient (Wildman–Crippen LogP) is 4.44. The SMILES string of the molecule is Cc1ccc(/C(O)=C2/C(=O)C(=O)N(CCCN3CCOCC3)C2c2ccc(C(C)(C)C)cc2)cc1. The Labute approximate surface area is 208 Å². The topological polar surface area (TPSA) is 70.1 Å². The number of aliphatic hydroxyl groups is 1. The Bertz CT molecular complexity index is 1090. The molecule has 186 valence electrons. The minimum Gasteiger partial charge on any atom is -0.507 e. The first-order valence-electron chi connectivity index (χ1n) is 12.4. The predicted molar refractivity (Wildman–Crippen MR) is 137 cm³/mol. The zero-order chi connectivity index (χ0) is 25.2. The Morgan fingerprint density at radius 2 is 1.60 bits per heavy atom. The summed E-state index contributed by atoms with van der Waals surface area (Å²) < 4.78 is 5.42. The van der Waals surface area contributed by atoms with Gasteiger partial charge in [0.05, 0.1) is 24.8 Å². The van der Waals surface area contributed by atoms with E-state index in [0.29, 0.717) is 12.1 Å². The average molecular weight is 477 g/mol. The van der Waals surface area contributed by atoms with Gasteiger partial charge in [-0.1, -0.05) is 74.9 Å². The molecule has 1 unspecified atom stereocenters. The maximum absolute atomic E-state index is 13.2. The fourth-order valence-electron chi connectivity index (χ4n) is 4.78. The van der Waals surface area contributed by atoms with Gasteiger partial charge in [0.25, 0.3) is 11.7 Å². The number of likely N-dealkylation sites (tertiary alicyclic amines) is 1. The molecule has 2 saturated heterocycles. The zero-order valence-corrected chi connectivity index (χ0v) is 21.2. The molecule has 2 aromatic carbocycles. The molecular weight excluding hydrogens is 440 g/mol. The number of rotatable bonds is 6. The van der Waals surface area contributed by atoms with Crippen LogP contribution < -0.4 is 0 Å². The average Bonchev–Trinajstić information content (AvgIpc) is 3.09. The van der Waals surface area contributed by atoms with E-state index in [1.807, 2.05) is 31.2 Å². The molecule has 2 heterocycles. The summed E-state index contributed by atoms with van der Waals surface area (Å²) in [6, 6.07) is 14.8. The van der Waals surface area contributed by atoms with Crippen LogP contribution in [0.25, 0.3) is 5.76 Å². The molecule has 0 spiro atoms. The Morgan fingerprint density at radius 3 is 2.20 bits per heavy atom. The summed E-state index contributed by atoms with van der Waals surface area (Å²) in [5, 5.41) is 11.2. The number of amides is 1. The van der Waals surface area contributed by atoms with Crippen molar-refractivity contribution >= 4 is 17.4 Å². The number of ketones is 1. The van der Waals surface area contributed by atoms with Gasteiger partial charge in [-0.3, -0.25) is 14.5 Å². The highest BCUT2D eigenvalue weighted by atomic mass is 16.5. The molecule has 6 nitrogen and oxygen atoms in total. The number of aryl methyl sites for hydroxylation is 1. The maximum Gasteiger partial charge on any atom is 0.295 e. The summed E-state index contributed by atoms with van der Waals surface area (Å²) in [7, 11) is 0. The summed E-state index contributed by atoms with van der Waals surface area (Å²) in [5.41, 5.74) is 3.74. The second-order valence-electron chi connectivity index (χ2n) is 10.5. The molecule has 2 aliphatic rings. The minimum absolute atomic E-state index is 0.0135. The highest BCUT2D eigenvalue weighted by Gasteiger charge is 2.45. The Kier molecular flexibility index (Phi) is 7.43.